The number of halogens is 2. The molecule has 0 amide bonds. The summed E-state index contributed by atoms with van der Waals surface area (Å²) >= 11 is 6.85. The molecule has 1 unspecified atom stereocenters. The van der Waals surface area contributed by atoms with E-state index in [0.717, 1.165) is 21.2 Å². The summed E-state index contributed by atoms with van der Waals surface area (Å²) in [6.45, 7) is 6.73. The van der Waals surface area contributed by atoms with Gasteiger partial charge in [0.25, 0.3) is 0 Å². The maximum absolute atomic E-state index is 4.34. The van der Waals surface area contributed by atoms with E-state index in [1.54, 1.807) is 6.20 Å². The van der Waals surface area contributed by atoms with E-state index in [4.69, 9.17) is 0 Å². The van der Waals surface area contributed by atoms with Gasteiger partial charge >= 0.3 is 0 Å². The summed E-state index contributed by atoms with van der Waals surface area (Å²) in [5, 5.41) is 3.28. The van der Waals surface area contributed by atoms with E-state index < -0.39 is 0 Å². The summed E-state index contributed by atoms with van der Waals surface area (Å²) in [5.74, 6) is 0. The highest BCUT2D eigenvalue weighted by Gasteiger charge is 2.11. The molecule has 1 aromatic rings. The van der Waals surface area contributed by atoms with Crippen molar-refractivity contribution in [2.75, 3.05) is 6.54 Å². The molecule has 1 N–H and O–H groups in total. The van der Waals surface area contributed by atoms with Gasteiger partial charge in [-0.1, -0.05) is 13.0 Å². The summed E-state index contributed by atoms with van der Waals surface area (Å²) in [5.41, 5.74) is 0.963. The molecule has 1 heterocycles. The fraction of sp³-hybridized carbons (Fsp3) is 0.300. The van der Waals surface area contributed by atoms with Crippen LogP contribution in [0, 0.1) is 0 Å². The van der Waals surface area contributed by atoms with Gasteiger partial charge in [-0.2, -0.15) is 0 Å². The molecule has 2 nitrogen and oxygen atoms in total. The lowest BCUT2D eigenvalue weighted by molar-refractivity contribution is 0.630. The summed E-state index contributed by atoms with van der Waals surface area (Å²) in [6.07, 6.45) is 3.64. The number of pyridine rings is 1. The molecule has 0 fully saturated rings. The minimum Gasteiger partial charge on any atom is -0.306 e. The molecule has 0 aliphatic rings. The number of nitrogens with one attached hydrogen (secondary N) is 1. The average molecular weight is 320 g/mol. The Morgan fingerprint density at radius 3 is 2.86 bits per heavy atom. The third-order valence-corrected chi connectivity index (χ3v) is 2.86. The zero-order chi connectivity index (χ0) is 10.6. The van der Waals surface area contributed by atoms with E-state index >= 15 is 0 Å². The molecule has 0 aliphatic carbocycles. The highest BCUT2D eigenvalue weighted by molar-refractivity contribution is 9.11. The van der Waals surface area contributed by atoms with Gasteiger partial charge in [-0.25, -0.2) is 0 Å². The van der Waals surface area contributed by atoms with Gasteiger partial charge in [0.15, 0.2) is 0 Å². The predicted molar refractivity (Wildman–Crippen MR) is 66.3 cm³/mol. The van der Waals surface area contributed by atoms with E-state index in [1.165, 1.54) is 0 Å². The molecule has 0 radical (unpaired) electrons. The molecule has 1 atom stereocenters. The maximum Gasteiger partial charge on any atom is 0.0754 e. The molecule has 0 spiro atoms. The van der Waals surface area contributed by atoms with Crippen LogP contribution < -0.4 is 5.32 Å². The van der Waals surface area contributed by atoms with Gasteiger partial charge in [-0.15, -0.1) is 6.58 Å². The van der Waals surface area contributed by atoms with Gasteiger partial charge in [0.05, 0.1) is 11.7 Å². The van der Waals surface area contributed by atoms with Crippen molar-refractivity contribution in [2.45, 2.75) is 13.0 Å². The van der Waals surface area contributed by atoms with Crippen molar-refractivity contribution in [2.24, 2.45) is 0 Å². The number of hydrogen-bond donors (Lipinski definition) is 1. The first-order chi connectivity index (χ1) is 6.69. The molecule has 0 saturated carbocycles. The molecule has 4 heteroatoms. The van der Waals surface area contributed by atoms with Crippen molar-refractivity contribution >= 4 is 31.9 Å². The van der Waals surface area contributed by atoms with Gasteiger partial charge < -0.3 is 5.32 Å². The smallest absolute Gasteiger partial charge is 0.0754 e. The first-order valence-corrected chi connectivity index (χ1v) is 5.94. The lowest BCUT2D eigenvalue weighted by Crippen LogP contribution is -2.20. The Labute approximate surface area is 101 Å². The molecule has 0 bridgehead atoms. The van der Waals surface area contributed by atoms with E-state index in [0.29, 0.717) is 0 Å². The largest absolute Gasteiger partial charge is 0.306 e. The van der Waals surface area contributed by atoms with Crippen molar-refractivity contribution in [3.05, 3.63) is 39.6 Å². The van der Waals surface area contributed by atoms with E-state index in [-0.39, 0.29) is 6.04 Å². The van der Waals surface area contributed by atoms with Gasteiger partial charge in [0, 0.05) is 15.1 Å². The Balaban J connectivity index is 2.98. The molecule has 76 valence electrons. The first-order valence-electron chi connectivity index (χ1n) is 4.36. The molecule has 0 aliphatic heterocycles. The van der Waals surface area contributed by atoms with Crippen LogP contribution in [-0.2, 0) is 0 Å². The standard InChI is InChI=1S/C10H12Br2N2/c1-3-9(13-4-2)10-8(12)5-7(11)6-14-10/h3,5-6,9,13H,1,4H2,2H3. The number of hydrogen-bond acceptors (Lipinski definition) is 2. The zero-order valence-electron chi connectivity index (χ0n) is 7.93. The van der Waals surface area contributed by atoms with Crippen LogP contribution in [0.1, 0.15) is 18.7 Å². The van der Waals surface area contributed by atoms with Crippen LogP contribution in [-0.4, -0.2) is 11.5 Å². The topological polar surface area (TPSA) is 24.9 Å². The van der Waals surface area contributed by atoms with Crippen LogP contribution in [0.4, 0.5) is 0 Å². The Morgan fingerprint density at radius 1 is 1.64 bits per heavy atom. The molecule has 0 aromatic carbocycles. The normalized spacial score (nSPS) is 12.5. The SMILES string of the molecule is C=CC(NCC)c1ncc(Br)cc1Br. The second-order valence-electron chi connectivity index (χ2n) is 2.79. The van der Waals surface area contributed by atoms with Gasteiger partial charge in [0.1, 0.15) is 0 Å². The van der Waals surface area contributed by atoms with Crippen LogP contribution >= 0.6 is 31.9 Å². The second kappa shape index (κ2) is 5.63. The maximum atomic E-state index is 4.34. The Kier molecular flexibility index (Phi) is 4.78. The lowest BCUT2D eigenvalue weighted by Gasteiger charge is -2.14. The van der Waals surface area contributed by atoms with E-state index in [2.05, 4.69) is 55.7 Å². The zero-order valence-corrected chi connectivity index (χ0v) is 11.1. The quantitative estimate of drug-likeness (QED) is 0.860. The monoisotopic (exact) mass is 318 g/mol. The average Bonchev–Trinajstić information content (AvgIpc) is 2.15. The molecular formula is C10H12Br2N2. The van der Waals surface area contributed by atoms with Gasteiger partial charge in [-0.05, 0) is 44.5 Å². The number of nitrogens with zero attached hydrogens (tertiary/aromatic N) is 1. The second-order valence-corrected chi connectivity index (χ2v) is 4.56. The van der Waals surface area contributed by atoms with Crippen LogP contribution in [0.5, 0.6) is 0 Å². The van der Waals surface area contributed by atoms with Crippen molar-refractivity contribution in [3.8, 4) is 0 Å². The van der Waals surface area contributed by atoms with Crippen LogP contribution in [0.3, 0.4) is 0 Å². The molecule has 1 rings (SSSR count). The van der Waals surface area contributed by atoms with Crippen molar-refractivity contribution in [1.82, 2.24) is 10.3 Å². The number of likely N-dealkylation sites (N-methyl/N-ethyl adjacent to an activating group) is 1. The van der Waals surface area contributed by atoms with Gasteiger partial charge in [-0.3, -0.25) is 4.98 Å². The fourth-order valence-electron chi connectivity index (χ4n) is 1.17. The molecule has 14 heavy (non-hydrogen) atoms. The minimum absolute atomic E-state index is 0.0995. The number of aromatic nitrogens is 1. The van der Waals surface area contributed by atoms with E-state index in [9.17, 15) is 0 Å². The van der Waals surface area contributed by atoms with Gasteiger partial charge in [0.2, 0.25) is 0 Å². The Bertz CT molecular complexity index is 326. The molecule has 1 aromatic heterocycles. The highest BCUT2D eigenvalue weighted by Crippen LogP contribution is 2.24. The fourth-order valence-corrected chi connectivity index (χ4v) is 2.40. The molecule has 0 saturated heterocycles. The van der Waals surface area contributed by atoms with Crippen LogP contribution in [0.15, 0.2) is 33.9 Å². The first kappa shape index (κ1) is 11.9. The number of rotatable bonds is 4. The van der Waals surface area contributed by atoms with Crippen LogP contribution in [0.2, 0.25) is 0 Å². The third kappa shape index (κ3) is 2.90. The molecular weight excluding hydrogens is 308 g/mol. The summed E-state index contributed by atoms with van der Waals surface area (Å²) < 4.78 is 1.95. The summed E-state index contributed by atoms with van der Waals surface area (Å²) in [6, 6.07) is 2.08. The highest BCUT2D eigenvalue weighted by atomic mass is 79.9. The lowest BCUT2D eigenvalue weighted by atomic mass is 10.2. The summed E-state index contributed by atoms with van der Waals surface area (Å²) in [4.78, 5) is 4.34. The van der Waals surface area contributed by atoms with Crippen LogP contribution in [0.25, 0.3) is 0 Å². The van der Waals surface area contributed by atoms with E-state index in [1.807, 2.05) is 12.1 Å². The minimum atomic E-state index is 0.0995. The Hall–Kier alpha value is -0.190. The third-order valence-electron chi connectivity index (χ3n) is 1.79. The van der Waals surface area contributed by atoms with Crippen molar-refractivity contribution in [1.29, 1.82) is 0 Å². The Morgan fingerprint density at radius 2 is 2.36 bits per heavy atom. The predicted octanol–water partition coefficient (Wildman–Crippen LogP) is 3.44. The van der Waals surface area contributed by atoms with Crippen molar-refractivity contribution < 1.29 is 0 Å². The van der Waals surface area contributed by atoms with Crippen molar-refractivity contribution in [3.63, 3.8) is 0 Å². The summed E-state index contributed by atoms with van der Waals surface area (Å²) in [7, 11) is 0.